The van der Waals surface area contributed by atoms with E-state index in [1.54, 1.807) is 0 Å². The molecule has 0 saturated carbocycles. The lowest BCUT2D eigenvalue weighted by molar-refractivity contribution is 0.399. The van der Waals surface area contributed by atoms with Gasteiger partial charge in [-0.2, -0.15) is 0 Å². The SMILES string of the molecule is CO.NC(Cl)(Cl)Cl.O. The molecule has 0 aromatic carbocycles. The van der Waals surface area contributed by atoms with Gasteiger partial charge in [-0.25, -0.2) is 0 Å². The summed E-state index contributed by atoms with van der Waals surface area (Å²) in [6, 6.07) is 0. The van der Waals surface area contributed by atoms with Crippen LogP contribution in [0, 0.1) is 0 Å². The Hall–Kier alpha value is 0.750. The molecular weight excluding hydrogens is 176 g/mol. The summed E-state index contributed by atoms with van der Waals surface area (Å²) in [4.78, 5) is 0. The number of nitrogens with two attached hydrogens (primary N) is 1. The Morgan fingerprint density at radius 3 is 1.25 bits per heavy atom. The summed E-state index contributed by atoms with van der Waals surface area (Å²) in [5.41, 5.74) is 4.65. The van der Waals surface area contributed by atoms with Crippen LogP contribution < -0.4 is 5.73 Å². The van der Waals surface area contributed by atoms with Crippen LogP contribution in [0.2, 0.25) is 0 Å². The summed E-state index contributed by atoms with van der Waals surface area (Å²) in [5, 5.41) is 7.00. The minimum absolute atomic E-state index is 0. The van der Waals surface area contributed by atoms with Crippen LogP contribution in [0.25, 0.3) is 0 Å². The van der Waals surface area contributed by atoms with E-state index in [0.717, 1.165) is 7.11 Å². The van der Waals surface area contributed by atoms with E-state index in [1.807, 2.05) is 0 Å². The second kappa shape index (κ2) is 7.75. The van der Waals surface area contributed by atoms with Crippen molar-refractivity contribution in [2.75, 3.05) is 7.11 Å². The highest BCUT2D eigenvalue weighted by molar-refractivity contribution is 6.66. The van der Waals surface area contributed by atoms with Gasteiger partial charge in [0, 0.05) is 7.11 Å². The van der Waals surface area contributed by atoms with Gasteiger partial charge in [0.25, 0.3) is 0 Å². The predicted molar refractivity (Wildman–Crippen MR) is 36.2 cm³/mol. The molecule has 8 heavy (non-hydrogen) atoms. The number of halogens is 3. The van der Waals surface area contributed by atoms with Crippen LogP contribution in [0.1, 0.15) is 0 Å². The Balaban J connectivity index is -0.0000000750. The van der Waals surface area contributed by atoms with Crippen molar-refractivity contribution in [1.29, 1.82) is 0 Å². The molecule has 0 aliphatic heterocycles. The molecule has 0 aromatic heterocycles. The summed E-state index contributed by atoms with van der Waals surface area (Å²) in [6.07, 6.45) is 0. The van der Waals surface area contributed by atoms with Crippen molar-refractivity contribution >= 4 is 34.8 Å². The molecule has 0 spiro atoms. The highest BCUT2D eigenvalue weighted by Gasteiger charge is 2.07. The normalized spacial score (nSPS) is 8.25. The van der Waals surface area contributed by atoms with Crippen molar-refractivity contribution < 1.29 is 10.6 Å². The van der Waals surface area contributed by atoms with Gasteiger partial charge in [-0.15, -0.1) is 0 Å². The van der Waals surface area contributed by atoms with Gasteiger partial charge in [0.2, 0.25) is 3.92 Å². The maximum atomic E-state index is 7.00. The third-order valence-electron chi connectivity index (χ3n) is 0. The van der Waals surface area contributed by atoms with E-state index in [1.165, 1.54) is 0 Å². The van der Waals surface area contributed by atoms with Gasteiger partial charge in [-0.3, -0.25) is 5.73 Å². The second-order valence-electron chi connectivity index (χ2n) is 0.542. The highest BCUT2D eigenvalue weighted by Crippen LogP contribution is 2.16. The molecule has 0 aliphatic rings. The van der Waals surface area contributed by atoms with E-state index in [9.17, 15) is 0 Å². The summed E-state index contributed by atoms with van der Waals surface area (Å²) in [5.74, 6) is 0. The number of alkyl halides is 3. The van der Waals surface area contributed by atoms with E-state index in [4.69, 9.17) is 39.9 Å². The average molecular weight is 184 g/mol. The van der Waals surface area contributed by atoms with Crippen LogP contribution in [0.5, 0.6) is 0 Å². The Bertz CT molecular complexity index is 30.8. The van der Waals surface area contributed by atoms with Gasteiger partial charge in [0.05, 0.1) is 0 Å². The maximum Gasteiger partial charge on any atom is 0.242 e. The van der Waals surface area contributed by atoms with Crippen LogP contribution in [-0.2, 0) is 0 Å². The Labute approximate surface area is 62.6 Å². The molecule has 0 fully saturated rings. The quantitative estimate of drug-likeness (QED) is 0.412. The molecule has 0 heterocycles. The van der Waals surface area contributed by atoms with E-state index < -0.39 is 3.92 Å². The monoisotopic (exact) mass is 183 g/mol. The summed E-state index contributed by atoms with van der Waals surface area (Å²) in [7, 11) is 1.00. The number of aliphatic hydroxyl groups is 1. The molecule has 5 N–H and O–H groups in total. The maximum absolute atomic E-state index is 7.00. The molecule has 0 unspecified atom stereocenters. The molecule has 0 saturated heterocycles. The molecule has 6 heteroatoms. The zero-order chi connectivity index (χ0) is 6.50. The van der Waals surface area contributed by atoms with Crippen molar-refractivity contribution in [2.45, 2.75) is 3.92 Å². The lowest BCUT2D eigenvalue weighted by Gasteiger charge is -1.95. The number of aliphatic hydroxyl groups excluding tert-OH is 1. The number of hydrogen-bond acceptors (Lipinski definition) is 2. The topological polar surface area (TPSA) is 77.8 Å². The molecule has 0 atom stereocenters. The van der Waals surface area contributed by atoms with Gasteiger partial charge < -0.3 is 10.6 Å². The molecule has 0 rings (SSSR count). The first-order valence-corrected chi connectivity index (χ1v) is 2.44. The smallest absolute Gasteiger partial charge is 0.242 e. The van der Waals surface area contributed by atoms with Crippen LogP contribution >= 0.6 is 34.8 Å². The Kier molecular flexibility index (Phi) is 15.4. The largest absolute Gasteiger partial charge is 0.412 e. The van der Waals surface area contributed by atoms with E-state index >= 15 is 0 Å². The van der Waals surface area contributed by atoms with Gasteiger partial charge >= 0.3 is 0 Å². The summed E-state index contributed by atoms with van der Waals surface area (Å²) < 4.78 is -1.58. The molecule has 0 aromatic rings. The van der Waals surface area contributed by atoms with Crippen molar-refractivity contribution in [3.05, 3.63) is 0 Å². The van der Waals surface area contributed by atoms with Crippen LogP contribution in [0.15, 0.2) is 0 Å². The molecule has 0 bridgehead atoms. The van der Waals surface area contributed by atoms with Gasteiger partial charge in [-0.05, 0) is 0 Å². The highest BCUT2D eigenvalue weighted by atomic mass is 35.6. The van der Waals surface area contributed by atoms with Gasteiger partial charge in [0.15, 0.2) is 0 Å². The van der Waals surface area contributed by atoms with E-state index in [2.05, 4.69) is 5.73 Å². The molecule has 3 nitrogen and oxygen atoms in total. The third kappa shape index (κ3) is 397. The van der Waals surface area contributed by atoms with Crippen molar-refractivity contribution in [1.82, 2.24) is 0 Å². The third-order valence-corrected chi connectivity index (χ3v) is 0. The molecule has 0 radical (unpaired) electrons. The first kappa shape index (κ1) is 15.9. The number of hydrogen-bond donors (Lipinski definition) is 2. The van der Waals surface area contributed by atoms with E-state index in [-0.39, 0.29) is 5.48 Å². The van der Waals surface area contributed by atoms with E-state index in [0.29, 0.717) is 0 Å². The lowest BCUT2D eigenvalue weighted by atomic mass is 11.5. The molecule has 54 valence electrons. The fraction of sp³-hybridized carbons (Fsp3) is 1.00. The molecule has 0 aliphatic carbocycles. The standard InChI is InChI=1S/CH2Cl3N.CH4O.H2O/c2-1(3,4)5;1-2;/h5H2;2H,1H3;1H2. The van der Waals surface area contributed by atoms with Crippen molar-refractivity contribution in [3.8, 4) is 0 Å². The fourth-order valence-corrected chi connectivity index (χ4v) is 0. The van der Waals surface area contributed by atoms with Crippen molar-refractivity contribution in [2.24, 2.45) is 5.73 Å². The fourth-order valence-electron chi connectivity index (χ4n) is 0. The molecule has 0 amide bonds. The summed E-state index contributed by atoms with van der Waals surface area (Å²) in [6.45, 7) is 0. The predicted octanol–water partition coefficient (Wildman–Crippen LogP) is 0.0566. The van der Waals surface area contributed by atoms with Crippen LogP contribution in [0.3, 0.4) is 0 Å². The zero-order valence-corrected chi connectivity index (χ0v) is 6.43. The first-order chi connectivity index (χ1) is 3.00. The minimum atomic E-state index is -1.58. The van der Waals surface area contributed by atoms with Crippen molar-refractivity contribution in [3.63, 3.8) is 0 Å². The zero-order valence-electron chi connectivity index (χ0n) is 4.16. The summed E-state index contributed by atoms with van der Waals surface area (Å²) >= 11 is 14.5. The first-order valence-electron chi connectivity index (χ1n) is 1.30. The Morgan fingerprint density at radius 1 is 1.25 bits per heavy atom. The minimum Gasteiger partial charge on any atom is -0.412 e. The second-order valence-corrected chi connectivity index (χ2v) is 2.91. The average Bonchev–Trinajstić information content (AvgIpc) is 1.36. The molecular formula is C2H8Cl3NO2. The lowest BCUT2D eigenvalue weighted by Crippen LogP contribution is -2.15. The number of rotatable bonds is 0. The van der Waals surface area contributed by atoms with Crippen LogP contribution in [0.4, 0.5) is 0 Å². The van der Waals surface area contributed by atoms with Gasteiger partial charge in [-0.1, -0.05) is 34.8 Å². The Morgan fingerprint density at radius 2 is 1.25 bits per heavy atom. The van der Waals surface area contributed by atoms with Crippen LogP contribution in [-0.4, -0.2) is 21.6 Å². The van der Waals surface area contributed by atoms with Gasteiger partial charge in [0.1, 0.15) is 0 Å².